The monoisotopic (exact) mass is 275 g/mol. The van der Waals surface area contributed by atoms with Crippen molar-refractivity contribution in [2.24, 2.45) is 0 Å². The largest absolute Gasteiger partial charge is 0.355 e. The van der Waals surface area contributed by atoms with Gasteiger partial charge in [-0.3, -0.25) is 9.78 Å². The Bertz CT molecular complexity index is 551. The molecule has 0 radical (unpaired) electrons. The first-order valence-electron chi connectivity index (χ1n) is 6.24. The standard InChI is InChI=1S/C14H17N3OS/c1-10-13(17-11(2)19-10)9-14(18)16-8-6-12-5-3-4-7-15-12/h3-5,7H,6,8-9H2,1-2H3,(H,16,18). The van der Waals surface area contributed by atoms with Crippen molar-refractivity contribution >= 4 is 17.2 Å². The first-order valence-corrected chi connectivity index (χ1v) is 7.06. The summed E-state index contributed by atoms with van der Waals surface area (Å²) < 4.78 is 0. The highest BCUT2D eigenvalue weighted by atomic mass is 32.1. The van der Waals surface area contributed by atoms with E-state index < -0.39 is 0 Å². The summed E-state index contributed by atoms with van der Waals surface area (Å²) >= 11 is 1.63. The fourth-order valence-electron chi connectivity index (χ4n) is 1.83. The van der Waals surface area contributed by atoms with Gasteiger partial charge in [0.1, 0.15) is 0 Å². The van der Waals surface area contributed by atoms with Crippen LogP contribution in [0.1, 0.15) is 21.3 Å². The Balaban J connectivity index is 1.78. The van der Waals surface area contributed by atoms with Gasteiger partial charge >= 0.3 is 0 Å². The Morgan fingerprint density at radius 1 is 1.37 bits per heavy atom. The SMILES string of the molecule is Cc1nc(CC(=O)NCCc2ccccn2)c(C)s1. The van der Waals surface area contributed by atoms with Crippen LogP contribution in [0, 0.1) is 13.8 Å². The van der Waals surface area contributed by atoms with Gasteiger partial charge in [0, 0.05) is 29.7 Å². The van der Waals surface area contributed by atoms with Gasteiger partial charge in [0.15, 0.2) is 0 Å². The van der Waals surface area contributed by atoms with Gasteiger partial charge in [-0.05, 0) is 26.0 Å². The van der Waals surface area contributed by atoms with Crippen LogP contribution in [0.4, 0.5) is 0 Å². The van der Waals surface area contributed by atoms with Crippen molar-refractivity contribution in [3.05, 3.63) is 45.7 Å². The molecule has 100 valence electrons. The molecule has 0 atom stereocenters. The van der Waals surface area contributed by atoms with E-state index in [0.29, 0.717) is 13.0 Å². The number of hydrogen-bond acceptors (Lipinski definition) is 4. The molecule has 5 heteroatoms. The summed E-state index contributed by atoms with van der Waals surface area (Å²) in [6.45, 7) is 4.57. The molecule has 1 amide bonds. The molecular formula is C14H17N3OS. The lowest BCUT2D eigenvalue weighted by atomic mass is 10.2. The van der Waals surface area contributed by atoms with E-state index in [1.807, 2.05) is 32.0 Å². The summed E-state index contributed by atoms with van der Waals surface area (Å²) in [5, 5.41) is 3.91. The van der Waals surface area contributed by atoms with Crippen molar-refractivity contribution in [1.29, 1.82) is 0 Å². The fraction of sp³-hybridized carbons (Fsp3) is 0.357. The molecule has 19 heavy (non-hydrogen) atoms. The molecule has 0 unspecified atom stereocenters. The first kappa shape index (κ1) is 13.7. The molecule has 0 saturated heterocycles. The van der Waals surface area contributed by atoms with E-state index in [4.69, 9.17) is 0 Å². The zero-order valence-electron chi connectivity index (χ0n) is 11.1. The second kappa shape index (κ2) is 6.43. The summed E-state index contributed by atoms with van der Waals surface area (Å²) in [4.78, 5) is 21.5. The van der Waals surface area contributed by atoms with Crippen LogP contribution in [-0.2, 0) is 17.6 Å². The van der Waals surface area contributed by atoms with Crippen LogP contribution in [0.2, 0.25) is 0 Å². The molecule has 0 aliphatic heterocycles. The van der Waals surface area contributed by atoms with E-state index >= 15 is 0 Å². The van der Waals surface area contributed by atoms with E-state index in [0.717, 1.165) is 27.7 Å². The van der Waals surface area contributed by atoms with Crippen LogP contribution in [0.5, 0.6) is 0 Å². The summed E-state index contributed by atoms with van der Waals surface area (Å²) in [6, 6.07) is 5.79. The molecule has 0 aliphatic rings. The first-order chi connectivity index (χ1) is 9.15. The van der Waals surface area contributed by atoms with Crippen molar-refractivity contribution in [3.63, 3.8) is 0 Å². The Hall–Kier alpha value is -1.75. The predicted molar refractivity (Wildman–Crippen MR) is 76.2 cm³/mol. The maximum absolute atomic E-state index is 11.8. The maximum Gasteiger partial charge on any atom is 0.226 e. The van der Waals surface area contributed by atoms with Crippen molar-refractivity contribution < 1.29 is 4.79 Å². The minimum atomic E-state index is 0.0179. The van der Waals surface area contributed by atoms with Crippen molar-refractivity contribution in [3.8, 4) is 0 Å². The molecule has 2 rings (SSSR count). The van der Waals surface area contributed by atoms with Crippen molar-refractivity contribution in [2.45, 2.75) is 26.7 Å². The molecule has 0 fully saturated rings. The number of rotatable bonds is 5. The maximum atomic E-state index is 11.8. The third-order valence-electron chi connectivity index (χ3n) is 2.76. The van der Waals surface area contributed by atoms with E-state index in [1.54, 1.807) is 17.5 Å². The van der Waals surface area contributed by atoms with Crippen LogP contribution in [0.3, 0.4) is 0 Å². The number of carbonyl (C=O) groups excluding carboxylic acids is 1. The van der Waals surface area contributed by atoms with Crippen molar-refractivity contribution in [1.82, 2.24) is 15.3 Å². The van der Waals surface area contributed by atoms with Gasteiger partial charge in [0.2, 0.25) is 5.91 Å². The highest BCUT2D eigenvalue weighted by Gasteiger charge is 2.09. The van der Waals surface area contributed by atoms with Crippen molar-refractivity contribution in [2.75, 3.05) is 6.54 Å². The van der Waals surface area contributed by atoms with Gasteiger partial charge in [-0.1, -0.05) is 6.07 Å². The lowest BCUT2D eigenvalue weighted by molar-refractivity contribution is -0.120. The van der Waals surface area contributed by atoms with E-state index in [1.165, 1.54) is 0 Å². The second-order valence-corrected chi connectivity index (χ2v) is 5.74. The molecular weight excluding hydrogens is 258 g/mol. The van der Waals surface area contributed by atoms with Crippen LogP contribution in [0.15, 0.2) is 24.4 Å². The number of nitrogens with one attached hydrogen (secondary N) is 1. The minimum Gasteiger partial charge on any atom is -0.355 e. The van der Waals surface area contributed by atoms with Crippen LogP contribution < -0.4 is 5.32 Å². The molecule has 0 aliphatic carbocycles. The number of pyridine rings is 1. The van der Waals surface area contributed by atoms with Gasteiger partial charge in [-0.15, -0.1) is 11.3 Å². The van der Waals surface area contributed by atoms with E-state index in [2.05, 4.69) is 15.3 Å². The van der Waals surface area contributed by atoms with Gasteiger partial charge in [-0.25, -0.2) is 4.98 Å². The topological polar surface area (TPSA) is 54.9 Å². The van der Waals surface area contributed by atoms with Gasteiger partial charge in [0.05, 0.1) is 17.1 Å². The molecule has 0 saturated carbocycles. The number of aryl methyl sites for hydroxylation is 2. The van der Waals surface area contributed by atoms with Crippen LogP contribution in [-0.4, -0.2) is 22.4 Å². The summed E-state index contributed by atoms with van der Waals surface area (Å²) in [7, 11) is 0. The highest BCUT2D eigenvalue weighted by molar-refractivity contribution is 7.11. The third-order valence-corrected chi connectivity index (χ3v) is 3.69. The average molecular weight is 275 g/mol. The van der Waals surface area contributed by atoms with Crippen LogP contribution in [0.25, 0.3) is 0 Å². The quantitative estimate of drug-likeness (QED) is 0.908. The summed E-state index contributed by atoms with van der Waals surface area (Å²) in [5.41, 5.74) is 1.88. The fourth-order valence-corrected chi connectivity index (χ4v) is 2.66. The number of amides is 1. The lowest BCUT2D eigenvalue weighted by Crippen LogP contribution is -2.27. The average Bonchev–Trinajstić information content (AvgIpc) is 2.69. The molecule has 2 heterocycles. The molecule has 2 aromatic rings. The number of hydrogen-bond donors (Lipinski definition) is 1. The Labute approximate surface area is 116 Å². The molecule has 0 bridgehead atoms. The summed E-state index contributed by atoms with van der Waals surface area (Å²) in [6.07, 6.45) is 2.87. The molecule has 2 aromatic heterocycles. The van der Waals surface area contributed by atoms with Gasteiger partial charge < -0.3 is 5.32 Å². The normalized spacial score (nSPS) is 10.4. The number of nitrogens with zero attached hydrogens (tertiary/aromatic N) is 2. The number of carbonyl (C=O) groups is 1. The Morgan fingerprint density at radius 2 is 2.21 bits per heavy atom. The summed E-state index contributed by atoms with van der Waals surface area (Å²) in [5.74, 6) is 0.0179. The van der Waals surface area contributed by atoms with Crippen LogP contribution >= 0.6 is 11.3 Å². The molecule has 0 aromatic carbocycles. The van der Waals surface area contributed by atoms with Gasteiger partial charge in [-0.2, -0.15) is 0 Å². The van der Waals surface area contributed by atoms with Gasteiger partial charge in [0.25, 0.3) is 0 Å². The number of thiazole rings is 1. The number of aromatic nitrogens is 2. The third kappa shape index (κ3) is 4.13. The van der Waals surface area contributed by atoms with E-state index in [-0.39, 0.29) is 5.91 Å². The Morgan fingerprint density at radius 3 is 2.84 bits per heavy atom. The zero-order chi connectivity index (χ0) is 13.7. The smallest absolute Gasteiger partial charge is 0.226 e. The molecule has 1 N–H and O–H groups in total. The minimum absolute atomic E-state index is 0.0179. The Kier molecular flexibility index (Phi) is 4.63. The second-order valence-electron chi connectivity index (χ2n) is 4.33. The molecule has 4 nitrogen and oxygen atoms in total. The molecule has 0 spiro atoms. The van der Waals surface area contributed by atoms with E-state index in [9.17, 15) is 4.79 Å². The lowest BCUT2D eigenvalue weighted by Gasteiger charge is -2.04. The highest BCUT2D eigenvalue weighted by Crippen LogP contribution is 2.16. The predicted octanol–water partition coefficient (Wildman–Crippen LogP) is 2.06. The zero-order valence-corrected chi connectivity index (χ0v) is 12.0.